The number of aromatic nitrogens is 4. The summed E-state index contributed by atoms with van der Waals surface area (Å²) < 4.78 is 37.0. The number of hydrogen-bond acceptors (Lipinski definition) is 8. The molecule has 0 aliphatic rings. The molecule has 0 aromatic carbocycles. The minimum atomic E-state index is -4.61. The lowest BCUT2D eigenvalue weighted by Crippen LogP contribution is -2.15. The summed E-state index contributed by atoms with van der Waals surface area (Å²) in [6, 6.07) is 1.07. The quantitative estimate of drug-likeness (QED) is 0.552. The van der Waals surface area contributed by atoms with Gasteiger partial charge in [0.1, 0.15) is 5.82 Å². The van der Waals surface area contributed by atoms with E-state index in [9.17, 15) is 22.8 Å². The Bertz CT molecular complexity index is 743. The predicted octanol–water partition coefficient (Wildman–Crippen LogP) is 0.953. The maximum atomic E-state index is 12.3. The van der Waals surface area contributed by atoms with Crippen LogP contribution in [0.5, 0.6) is 0 Å². The second-order valence-corrected chi connectivity index (χ2v) is 5.66. The summed E-state index contributed by atoms with van der Waals surface area (Å²) in [6.07, 6.45) is -4.61. The molecule has 22 heavy (non-hydrogen) atoms. The van der Waals surface area contributed by atoms with E-state index in [1.54, 1.807) is 0 Å². The molecule has 118 valence electrons. The summed E-state index contributed by atoms with van der Waals surface area (Å²) in [4.78, 5) is 28.9. The average Bonchev–Trinajstić information content (AvgIpc) is 2.83. The molecule has 1 amide bonds. The molecular formula is C9H7F3N6O2S2. The van der Waals surface area contributed by atoms with Gasteiger partial charge in [-0.1, -0.05) is 23.1 Å². The molecule has 0 atom stereocenters. The van der Waals surface area contributed by atoms with Crippen molar-refractivity contribution in [2.75, 3.05) is 16.8 Å². The number of nitrogens with two attached hydrogens (primary N) is 1. The molecule has 2 rings (SSSR count). The van der Waals surface area contributed by atoms with Gasteiger partial charge in [-0.15, -0.1) is 10.2 Å². The summed E-state index contributed by atoms with van der Waals surface area (Å²) >= 11 is 1.08. The van der Waals surface area contributed by atoms with E-state index in [1.807, 2.05) is 0 Å². The van der Waals surface area contributed by atoms with Crippen molar-refractivity contribution in [1.82, 2.24) is 20.2 Å². The lowest BCUT2D eigenvalue weighted by molar-refractivity contribution is -0.138. The number of aromatic amines is 1. The fourth-order valence-corrected chi connectivity index (χ4v) is 2.51. The van der Waals surface area contributed by atoms with E-state index in [4.69, 9.17) is 5.73 Å². The normalized spacial score (nSPS) is 11.4. The van der Waals surface area contributed by atoms with Crippen molar-refractivity contribution in [3.05, 3.63) is 21.4 Å². The lowest BCUT2D eigenvalue weighted by Gasteiger charge is -2.01. The van der Waals surface area contributed by atoms with E-state index in [-0.39, 0.29) is 33.2 Å². The second-order valence-electron chi connectivity index (χ2n) is 3.72. The Labute approximate surface area is 128 Å². The predicted molar refractivity (Wildman–Crippen MR) is 73.5 cm³/mol. The topological polar surface area (TPSA) is 127 Å². The standard InChI is InChI=1S/C9H7F3N6O2S2/c10-9(11,12)6-17-18-8(22-6)16-5(20)2-21-7-14-3(13)1-4(19)15-7/h1H,2H2,(H,16,18,20)(H3,13,14,15,19). The molecule has 0 fully saturated rings. The van der Waals surface area contributed by atoms with Gasteiger partial charge in [0.25, 0.3) is 5.56 Å². The van der Waals surface area contributed by atoms with Crippen molar-refractivity contribution < 1.29 is 18.0 Å². The highest BCUT2D eigenvalue weighted by atomic mass is 32.2. The summed E-state index contributed by atoms with van der Waals surface area (Å²) in [7, 11) is 0. The number of carbonyl (C=O) groups is 1. The highest BCUT2D eigenvalue weighted by Crippen LogP contribution is 2.33. The van der Waals surface area contributed by atoms with Crippen LogP contribution in [0.25, 0.3) is 0 Å². The van der Waals surface area contributed by atoms with Crippen LogP contribution in [0.4, 0.5) is 24.1 Å². The van der Waals surface area contributed by atoms with Crippen LogP contribution in [-0.2, 0) is 11.0 Å². The SMILES string of the molecule is Nc1cc(=O)[nH]c(SCC(=O)Nc2nnc(C(F)(F)F)s2)n1. The molecule has 0 aliphatic carbocycles. The third-order valence-electron chi connectivity index (χ3n) is 1.99. The van der Waals surface area contributed by atoms with Crippen molar-refractivity contribution in [3.63, 3.8) is 0 Å². The van der Waals surface area contributed by atoms with Gasteiger partial charge in [0.2, 0.25) is 16.0 Å². The highest BCUT2D eigenvalue weighted by Gasteiger charge is 2.35. The van der Waals surface area contributed by atoms with Gasteiger partial charge < -0.3 is 10.7 Å². The molecule has 4 N–H and O–H groups in total. The van der Waals surface area contributed by atoms with E-state index in [2.05, 4.69) is 25.5 Å². The fraction of sp³-hybridized carbons (Fsp3) is 0.222. The number of H-pyrrole nitrogens is 1. The van der Waals surface area contributed by atoms with Gasteiger partial charge in [-0.25, -0.2) is 4.98 Å². The van der Waals surface area contributed by atoms with Gasteiger partial charge >= 0.3 is 6.18 Å². The Balaban J connectivity index is 1.93. The van der Waals surface area contributed by atoms with Crippen LogP contribution in [-0.4, -0.2) is 31.8 Å². The molecule has 8 nitrogen and oxygen atoms in total. The zero-order chi connectivity index (χ0) is 16.3. The number of rotatable bonds is 4. The summed E-state index contributed by atoms with van der Waals surface area (Å²) in [5.74, 6) is -0.835. The van der Waals surface area contributed by atoms with Gasteiger partial charge in [-0.2, -0.15) is 13.2 Å². The van der Waals surface area contributed by atoms with E-state index in [1.165, 1.54) is 0 Å². The largest absolute Gasteiger partial charge is 0.445 e. The van der Waals surface area contributed by atoms with E-state index < -0.39 is 22.7 Å². The van der Waals surface area contributed by atoms with Gasteiger partial charge in [0.15, 0.2) is 5.16 Å². The Hall–Kier alpha value is -2.15. The first-order valence-corrected chi connectivity index (χ1v) is 7.24. The van der Waals surface area contributed by atoms with Crippen LogP contribution in [0.2, 0.25) is 0 Å². The van der Waals surface area contributed by atoms with E-state index >= 15 is 0 Å². The maximum Gasteiger partial charge on any atom is 0.445 e. The smallest absolute Gasteiger partial charge is 0.383 e. The van der Waals surface area contributed by atoms with E-state index in [0.717, 1.165) is 17.8 Å². The summed E-state index contributed by atoms with van der Waals surface area (Å²) in [5.41, 5.74) is 4.89. The van der Waals surface area contributed by atoms with Crippen LogP contribution in [0.15, 0.2) is 16.0 Å². The molecule has 0 aliphatic heterocycles. The zero-order valence-electron chi connectivity index (χ0n) is 10.5. The number of hydrogen-bond donors (Lipinski definition) is 3. The minimum Gasteiger partial charge on any atom is -0.383 e. The molecule has 0 bridgehead atoms. The number of alkyl halides is 3. The van der Waals surface area contributed by atoms with E-state index in [0.29, 0.717) is 0 Å². The number of thioether (sulfide) groups is 1. The minimum absolute atomic E-state index is 0.00870. The number of anilines is 2. The number of nitrogens with one attached hydrogen (secondary N) is 2. The summed E-state index contributed by atoms with van der Waals surface area (Å²) in [5, 5.41) is 7.01. The Kier molecular flexibility index (Phi) is 4.65. The molecule has 2 aromatic rings. The van der Waals surface area contributed by atoms with Crippen LogP contribution in [0, 0.1) is 0 Å². The molecule has 0 spiro atoms. The third kappa shape index (κ3) is 4.42. The lowest BCUT2D eigenvalue weighted by atomic mass is 10.6. The van der Waals surface area contributed by atoms with Crippen LogP contribution < -0.4 is 16.6 Å². The molecule has 13 heteroatoms. The molecule has 0 saturated heterocycles. The van der Waals surface area contributed by atoms with Crippen LogP contribution >= 0.6 is 23.1 Å². The average molecular weight is 352 g/mol. The highest BCUT2D eigenvalue weighted by molar-refractivity contribution is 7.99. The first-order chi connectivity index (χ1) is 10.2. The maximum absolute atomic E-state index is 12.3. The monoisotopic (exact) mass is 352 g/mol. The molecule has 2 heterocycles. The van der Waals surface area contributed by atoms with Crippen molar-refractivity contribution in [2.24, 2.45) is 0 Å². The van der Waals surface area contributed by atoms with Gasteiger partial charge in [0, 0.05) is 6.07 Å². The third-order valence-corrected chi connectivity index (χ3v) is 3.75. The van der Waals surface area contributed by atoms with Crippen molar-refractivity contribution in [2.45, 2.75) is 11.3 Å². The number of nitrogen functional groups attached to an aromatic ring is 1. The molecule has 0 radical (unpaired) electrons. The number of amides is 1. The Morgan fingerprint density at radius 3 is 2.77 bits per heavy atom. The molecule has 2 aromatic heterocycles. The molecule has 0 saturated carbocycles. The van der Waals surface area contributed by atoms with Gasteiger partial charge in [-0.3, -0.25) is 14.9 Å². The van der Waals surface area contributed by atoms with Gasteiger partial charge in [0.05, 0.1) is 5.75 Å². The van der Waals surface area contributed by atoms with Crippen LogP contribution in [0.1, 0.15) is 5.01 Å². The Morgan fingerprint density at radius 2 is 2.18 bits per heavy atom. The first kappa shape index (κ1) is 16.2. The van der Waals surface area contributed by atoms with Crippen molar-refractivity contribution in [3.8, 4) is 0 Å². The van der Waals surface area contributed by atoms with Crippen molar-refractivity contribution in [1.29, 1.82) is 0 Å². The Morgan fingerprint density at radius 1 is 1.45 bits per heavy atom. The zero-order valence-corrected chi connectivity index (χ0v) is 12.1. The molecule has 0 unspecified atom stereocenters. The molecular weight excluding hydrogens is 345 g/mol. The number of nitrogens with zero attached hydrogens (tertiary/aromatic N) is 3. The first-order valence-electron chi connectivity index (χ1n) is 5.44. The number of carbonyl (C=O) groups excluding carboxylic acids is 1. The summed E-state index contributed by atoms with van der Waals surface area (Å²) in [6.45, 7) is 0. The fourth-order valence-electron chi connectivity index (χ4n) is 1.20. The van der Waals surface area contributed by atoms with Crippen LogP contribution in [0.3, 0.4) is 0 Å². The number of halogens is 3. The van der Waals surface area contributed by atoms with Crippen molar-refractivity contribution >= 4 is 40.0 Å². The second kappa shape index (κ2) is 6.31. The van der Waals surface area contributed by atoms with Gasteiger partial charge in [-0.05, 0) is 0 Å².